The Balaban J connectivity index is 1.64. The molecule has 4 rings (SSSR count). The molecule has 0 saturated carbocycles. The summed E-state index contributed by atoms with van der Waals surface area (Å²) in [5, 5.41) is 13.5. The highest BCUT2D eigenvalue weighted by molar-refractivity contribution is 7.93. The van der Waals surface area contributed by atoms with Crippen LogP contribution < -0.4 is 4.72 Å². The van der Waals surface area contributed by atoms with Crippen molar-refractivity contribution in [3.8, 4) is 11.1 Å². The lowest BCUT2D eigenvalue weighted by atomic mass is 9.93. The molecule has 2 aromatic carbocycles. The zero-order valence-electron chi connectivity index (χ0n) is 15.4. The van der Waals surface area contributed by atoms with Crippen LogP contribution in [0.2, 0.25) is 5.02 Å². The number of nitrogens with zero attached hydrogens (tertiary/aromatic N) is 2. The first-order valence-electron chi connectivity index (χ1n) is 8.84. The summed E-state index contributed by atoms with van der Waals surface area (Å²) in [5.41, 5.74) is 2.86. The van der Waals surface area contributed by atoms with Crippen LogP contribution in [0.5, 0.6) is 0 Å². The van der Waals surface area contributed by atoms with Crippen molar-refractivity contribution in [3.05, 3.63) is 94.7 Å². The molecule has 6 nitrogen and oxygen atoms in total. The predicted molar refractivity (Wildman–Crippen MR) is 118 cm³/mol. The Bertz CT molecular complexity index is 1250. The third kappa shape index (κ3) is 4.36. The van der Waals surface area contributed by atoms with Crippen molar-refractivity contribution in [3.63, 3.8) is 0 Å². The van der Waals surface area contributed by atoms with E-state index in [1.54, 1.807) is 48.1 Å². The SMILES string of the molecule is O=S(=O)(Nc1nccs1)c1ccc(C(O)c2ccc(Cl)cc2-c2ccncc2)cc1. The molecule has 0 spiro atoms. The van der Waals surface area contributed by atoms with Gasteiger partial charge in [0.05, 0.1) is 4.90 Å². The first kappa shape index (κ1) is 20.5. The molecule has 0 saturated heterocycles. The van der Waals surface area contributed by atoms with E-state index in [0.717, 1.165) is 11.1 Å². The van der Waals surface area contributed by atoms with E-state index in [9.17, 15) is 13.5 Å². The second-order valence-electron chi connectivity index (χ2n) is 6.38. The Morgan fingerprint density at radius 3 is 2.40 bits per heavy atom. The number of hydrogen-bond acceptors (Lipinski definition) is 6. The second-order valence-corrected chi connectivity index (χ2v) is 9.40. The molecule has 0 aliphatic carbocycles. The summed E-state index contributed by atoms with van der Waals surface area (Å²) in [6.07, 6.45) is 3.89. The molecule has 0 bridgehead atoms. The van der Waals surface area contributed by atoms with Crippen LogP contribution in [-0.4, -0.2) is 23.5 Å². The average molecular weight is 458 g/mol. The van der Waals surface area contributed by atoms with Gasteiger partial charge in [-0.3, -0.25) is 9.71 Å². The molecule has 30 heavy (non-hydrogen) atoms. The number of hydrogen-bond donors (Lipinski definition) is 2. The topological polar surface area (TPSA) is 92.2 Å². The molecule has 2 aromatic heterocycles. The molecular weight excluding hydrogens is 442 g/mol. The third-order valence-corrected chi connectivity index (χ3v) is 6.87. The van der Waals surface area contributed by atoms with E-state index in [-0.39, 0.29) is 4.90 Å². The number of halogens is 1. The van der Waals surface area contributed by atoms with Gasteiger partial charge >= 0.3 is 0 Å². The van der Waals surface area contributed by atoms with Gasteiger partial charge in [0.25, 0.3) is 10.0 Å². The van der Waals surface area contributed by atoms with Crippen molar-refractivity contribution in [1.82, 2.24) is 9.97 Å². The normalized spacial score (nSPS) is 12.5. The van der Waals surface area contributed by atoms with E-state index in [1.165, 1.54) is 29.7 Å². The zero-order valence-corrected chi connectivity index (χ0v) is 17.8. The van der Waals surface area contributed by atoms with Crippen LogP contribution in [0.15, 0.2) is 83.5 Å². The molecule has 0 aliphatic rings. The summed E-state index contributed by atoms with van der Waals surface area (Å²) in [6, 6.07) is 15.0. The quantitative estimate of drug-likeness (QED) is 0.436. The fourth-order valence-corrected chi connectivity index (χ4v) is 4.97. The molecule has 0 amide bonds. The molecule has 2 N–H and O–H groups in total. The van der Waals surface area contributed by atoms with Gasteiger partial charge in [-0.05, 0) is 58.7 Å². The summed E-state index contributed by atoms with van der Waals surface area (Å²) >= 11 is 7.37. The zero-order chi connectivity index (χ0) is 21.1. The molecular formula is C21H16ClN3O3S2. The number of benzene rings is 2. The maximum atomic E-state index is 12.5. The lowest BCUT2D eigenvalue weighted by molar-refractivity contribution is 0.221. The number of nitrogens with one attached hydrogen (secondary N) is 1. The van der Waals surface area contributed by atoms with Crippen molar-refractivity contribution in [2.75, 3.05) is 4.72 Å². The van der Waals surface area contributed by atoms with Gasteiger partial charge in [-0.15, -0.1) is 11.3 Å². The summed E-state index contributed by atoms with van der Waals surface area (Å²) < 4.78 is 27.4. The van der Waals surface area contributed by atoms with E-state index in [2.05, 4.69) is 14.7 Å². The standard InChI is InChI=1S/C21H16ClN3O3S2/c22-16-3-6-18(19(13-16)14-7-9-23-10-8-14)20(26)15-1-4-17(5-2-15)30(27,28)25-21-24-11-12-29-21/h1-13,20,26H,(H,24,25). The smallest absolute Gasteiger partial charge is 0.263 e. The minimum atomic E-state index is -3.76. The van der Waals surface area contributed by atoms with Gasteiger partial charge in [-0.2, -0.15) is 0 Å². The van der Waals surface area contributed by atoms with E-state index >= 15 is 0 Å². The third-order valence-electron chi connectivity index (χ3n) is 4.46. The monoisotopic (exact) mass is 457 g/mol. The Kier molecular flexibility index (Phi) is 5.83. The first-order valence-corrected chi connectivity index (χ1v) is 11.6. The average Bonchev–Trinajstić information content (AvgIpc) is 3.26. The number of aliphatic hydroxyl groups excluding tert-OH is 1. The maximum absolute atomic E-state index is 12.5. The minimum Gasteiger partial charge on any atom is -0.384 e. The Labute approximate surface area is 182 Å². The van der Waals surface area contributed by atoms with Crippen LogP contribution in [0.4, 0.5) is 5.13 Å². The van der Waals surface area contributed by atoms with Crippen LogP contribution in [0.3, 0.4) is 0 Å². The Hall–Kier alpha value is -2.78. The molecule has 4 aromatic rings. The second kappa shape index (κ2) is 8.53. The van der Waals surface area contributed by atoms with E-state index in [0.29, 0.717) is 21.3 Å². The van der Waals surface area contributed by atoms with Gasteiger partial charge in [0, 0.05) is 29.0 Å². The van der Waals surface area contributed by atoms with Gasteiger partial charge in [-0.25, -0.2) is 13.4 Å². The molecule has 2 heterocycles. The number of aliphatic hydroxyl groups is 1. The molecule has 0 aliphatic heterocycles. The summed E-state index contributed by atoms with van der Waals surface area (Å²) in [7, 11) is -3.76. The molecule has 1 atom stereocenters. The van der Waals surface area contributed by atoms with Crippen LogP contribution in [-0.2, 0) is 10.0 Å². The van der Waals surface area contributed by atoms with Gasteiger partial charge < -0.3 is 5.11 Å². The highest BCUT2D eigenvalue weighted by Crippen LogP contribution is 2.34. The van der Waals surface area contributed by atoms with E-state index in [4.69, 9.17) is 11.6 Å². The molecule has 0 radical (unpaired) electrons. The lowest BCUT2D eigenvalue weighted by Gasteiger charge is -2.17. The Morgan fingerprint density at radius 2 is 1.73 bits per heavy atom. The van der Waals surface area contributed by atoms with Crippen molar-refractivity contribution in [2.24, 2.45) is 0 Å². The van der Waals surface area contributed by atoms with Gasteiger partial charge in [0.2, 0.25) is 0 Å². The van der Waals surface area contributed by atoms with Crippen molar-refractivity contribution < 1.29 is 13.5 Å². The number of aromatic nitrogens is 2. The maximum Gasteiger partial charge on any atom is 0.263 e. The predicted octanol–water partition coefficient (Wildman–Crippen LogP) is 4.74. The first-order chi connectivity index (χ1) is 14.4. The largest absolute Gasteiger partial charge is 0.384 e. The summed E-state index contributed by atoms with van der Waals surface area (Å²) in [6.45, 7) is 0. The van der Waals surface area contributed by atoms with Crippen molar-refractivity contribution in [1.29, 1.82) is 0 Å². The van der Waals surface area contributed by atoms with Gasteiger partial charge in [-0.1, -0.05) is 29.8 Å². The molecule has 9 heteroatoms. The van der Waals surface area contributed by atoms with Crippen LogP contribution in [0.1, 0.15) is 17.2 Å². The van der Waals surface area contributed by atoms with Crippen LogP contribution >= 0.6 is 22.9 Å². The molecule has 0 fully saturated rings. The summed E-state index contributed by atoms with van der Waals surface area (Å²) in [4.78, 5) is 8.04. The van der Waals surface area contributed by atoms with Crippen molar-refractivity contribution in [2.45, 2.75) is 11.0 Å². The lowest BCUT2D eigenvalue weighted by Crippen LogP contribution is -2.13. The van der Waals surface area contributed by atoms with Gasteiger partial charge in [0.15, 0.2) is 5.13 Å². The van der Waals surface area contributed by atoms with Gasteiger partial charge in [0.1, 0.15) is 6.10 Å². The Morgan fingerprint density at radius 1 is 1.00 bits per heavy atom. The highest BCUT2D eigenvalue weighted by Gasteiger charge is 2.19. The summed E-state index contributed by atoms with van der Waals surface area (Å²) in [5.74, 6) is 0. The van der Waals surface area contributed by atoms with Crippen LogP contribution in [0, 0.1) is 0 Å². The van der Waals surface area contributed by atoms with Crippen molar-refractivity contribution >= 4 is 38.1 Å². The fraction of sp³-hybridized carbons (Fsp3) is 0.0476. The molecule has 152 valence electrons. The number of thiazole rings is 1. The number of sulfonamides is 1. The number of anilines is 1. The van der Waals surface area contributed by atoms with Crippen LogP contribution in [0.25, 0.3) is 11.1 Å². The highest BCUT2D eigenvalue weighted by atomic mass is 35.5. The van der Waals surface area contributed by atoms with E-state index < -0.39 is 16.1 Å². The molecule has 1 unspecified atom stereocenters. The number of rotatable bonds is 6. The minimum absolute atomic E-state index is 0.0825. The fourth-order valence-electron chi connectivity index (χ4n) is 3.00. The number of pyridine rings is 1. The van der Waals surface area contributed by atoms with E-state index in [1.807, 2.05) is 12.1 Å².